The highest BCUT2D eigenvalue weighted by Crippen LogP contribution is 2.24. The third-order valence-electron chi connectivity index (χ3n) is 5.46. The topological polar surface area (TPSA) is 49.3 Å². The Balaban J connectivity index is 0.00000280. The third-order valence-corrected chi connectivity index (χ3v) is 5.46. The summed E-state index contributed by atoms with van der Waals surface area (Å²) in [5.41, 5.74) is 1.37. The Labute approximate surface area is 186 Å². The second kappa shape index (κ2) is 12.6. The van der Waals surface area contributed by atoms with Gasteiger partial charge in [0.2, 0.25) is 0 Å². The van der Waals surface area contributed by atoms with Crippen LogP contribution in [-0.4, -0.2) is 81.5 Å². The lowest BCUT2D eigenvalue weighted by atomic mass is 10.1. The maximum absolute atomic E-state index is 6.08. The molecule has 7 heteroatoms. The first kappa shape index (κ1) is 23.4. The van der Waals surface area contributed by atoms with Crippen LogP contribution in [-0.2, 0) is 16.0 Å². The van der Waals surface area contributed by atoms with Gasteiger partial charge in [-0.1, -0.05) is 30.3 Å². The Morgan fingerprint density at radius 1 is 1.21 bits per heavy atom. The minimum atomic E-state index is 0. The molecule has 2 aliphatic rings. The Bertz CT molecular complexity index is 587. The van der Waals surface area contributed by atoms with Crippen LogP contribution in [0.4, 0.5) is 0 Å². The van der Waals surface area contributed by atoms with Crippen LogP contribution in [0.3, 0.4) is 0 Å². The van der Waals surface area contributed by atoms with Gasteiger partial charge in [0.25, 0.3) is 0 Å². The van der Waals surface area contributed by atoms with Crippen molar-refractivity contribution in [2.75, 3.05) is 53.6 Å². The van der Waals surface area contributed by atoms with Crippen molar-refractivity contribution in [3.8, 4) is 0 Å². The van der Waals surface area contributed by atoms with Gasteiger partial charge in [0.05, 0.1) is 18.8 Å². The molecule has 0 aliphatic carbocycles. The van der Waals surface area contributed by atoms with E-state index >= 15 is 0 Å². The predicted octanol–water partition coefficient (Wildman–Crippen LogP) is 2.58. The number of halogens is 1. The largest absolute Gasteiger partial charge is 0.385 e. The highest BCUT2D eigenvalue weighted by Gasteiger charge is 2.41. The minimum Gasteiger partial charge on any atom is -0.385 e. The van der Waals surface area contributed by atoms with Crippen molar-refractivity contribution < 1.29 is 9.47 Å². The molecule has 0 bridgehead atoms. The summed E-state index contributed by atoms with van der Waals surface area (Å²) in [4.78, 5) is 9.43. The maximum Gasteiger partial charge on any atom is 0.193 e. The van der Waals surface area contributed by atoms with Crippen LogP contribution in [0.25, 0.3) is 0 Å². The number of morpholine rings is 1. The maximum atomic E-state index is 6.08. The molecule has 3 rings (SSSR count). The average molecular weight is 502 g/mol. The zero-order valence-corrected chi connectivity index (χ0v) is 19.5. The zero-order valence-electron chi connectivity index (χ0n) is 17.2. The summed E-state index contributed by atoms with van der Waals surface area (Å²) >= 11 is 0. The summed E-state index contributed by atoms with van der Waals surface area (Å²) in [6.45, 7) is 6.49. The molecule has 0 radical (unpaired) electrons. The first-order valence-electron chi connectivity index (χ1n) is 10.2. The van der Waals surface area contributed by atoms with Gasteiger partial charge in [-0.3, -0.25) is 9.89 Å². The number of methoxy groups -OCH3 is 1. The van der Waals surface area contributed by atoms with Crippen molar-refractivity contribution in [3.05, 3.63) is 35.9 Å². The Morgan fingerprint density at radius 3 is 2.79 bits per heavy atom. The van der Waals surface area contributed by atoms with Gasteiger partial charge in [-0.05, 0) is 24.8 Å². The predicted molar refractivity (Wildman–Crippen MR) is 124 cm³/mol. The number of unbranched alkanes of at least 4 members (excludes halogenated alkanes) is 2. The highest BCUT2D eigenvalue weighted by molar-refractivity contribution is 14.0. The van der Waals surface area contributed by atoms with Crippen LogP contribution in [0, 0.1) is 0 Å². The quantitative estimate of drug-likeness (QED) is 0.257. The third kappa shape index (κ3) is 6.57. The summed E-state index contributed by atoms with van der Waals surface area (Å²) < 4.78 is 11.2. The molecule has 0 spiro atoms. The number of nitrogens with zero attached hydrogens (tertiary/aromatic N) is 3. The van der Waals surface area contributed by atoms with Crippen molar-refractivity contribution in [3.63, 3.8) is 0 Å². The fraction of sp³-hybridized carbons (Fsp3) is 0.667. The fourth-order valence-electron chi connectivity index (χ4n) is 4.03. The second-order valence-corrected chi connectivity index (χ2v) is 7.37. The number of nitrogens with one attached hydrogen (secondary N) is 1. The SMILES string of the molecule is CN=C(NCCCCCOC)N1CC2OCCN(Cc3ccccc3)C2C1.I. The van der Waals surface area contributed by atoms with Gasteiger partial charge in [-0.15, -0.1) is 24.0 Å². The van der Waals surface area contributed by atoms with Crippen LogP contribution in [0.5, 0.6) is 0 Å². The van der Waals surface area contributed by atoms with Crippen molar-refractivity contribution in [2.45, 2.75) is 38.0 Å². The van der Waals surface area contributed by atoms with E-state index in [9.17, 15) is 0 Å². The number of rotatable bonds is 8. The highest BCUT2D eigenvalue weighted by atomic mass is 127. The van der Waals surface area contributed by atoms with Crippen LogP contribution in [0.1, 0.15) is 24.8 Å². The lowest BCUT2D eigenvalue weighted by Crippen LogP contribution is -2.50. The van der Waals surface area contributed by atoms with E-state index in [1.807, 2.05) is 7.05 Å². The first-order valence-corrected chi connectivity index (χ1v) is 10.2. The molecular formula is C21H35IN4O2. The summed E-state index contributed by atoms with van der Waals surface area (Å²) in [5, 5.41) is 3.52. The van der Waals surface area contributed by atoms with E-state index in [-0.39, 0.29) is 30.1 Å². The second-order valence-electron chi connectivity index (χ2n) is 7.37. The van der Waals surface area contributed by atoms with Crippen LogP contribution < -0.4 is 5.32 Å². The Morgan fingerprint density at radius 2 is 2.04 bits per heavy atom. The number of benzene rings is 1. The molecule has 2 saturated heterocycles. The van der Waals surface area contributed by atoms with Gasteiger partial charge in [0.1, 0.15) is 0 Å². The molecule has 1 aromatic rings. The van der Waals surface area contributed by atoms with E-state index in [0.29, 0.717) is 6.04 Å². The Hall–Kier alpha value is -0.900. The Kier molecular flexibility index (Phi) is 10.5. The van der Waals surface area contributed by atoms with Gasteiger partial charge in [0.15, 0.2) is 5.96 Å². The van der Waals surface area contributed by atoms with E-state index in [4.69, 9.17) is 9.47 Å². The van der Waals surface area contributed by atoms with Crippen molar-refractivity contribution in [1.29, 1.82) is 0 Å². The van der Waals surface area contributed by atoms with Gasteiger partial charge >= 0.3 is 0 Å². The summed E-state index contributed by atoms with van der Waals surface area (Å²) in [7, 11) is 3.63. The number of aliphatic imine (C=N–C) groups is 1. The molecule has 6 nitrogen and oxygen atoms in total. The van der Waals surface area contributed by atoms with Gasteiger partial charge < -0.3 is 19.7 Å². The molecule has 2 fully saturated rings. The van der Waals surface area contributed by atoms with Crippen molar-refractivity contribution in [1.82, 2.24) is 15.1 Å². The molecule has 0 saturated carbocycles. The van der Waals surface area contributed by atoms with Gasteiger partial charge in [-0.25, -0.2) is 0 Å². The lowest BCUT2D eigenvalue weighted by molar-refractivity contribution is -0.0502. The summed E-state index contributed by atoms with van der Waals surface area (Å²) in [6, 6.07) is 11.2. The standard InChI is InChI=1S/C21H34N4O2.HI/c1-22-21(23-11-7-4-8-13-26-2)25-16-19-20(17-25)27-14-12-24(19)15-18-9-5-3-6-10-18;/h3,5-6,9-10,19-20H,4,7-8,11-17H2,1-2H3,(H,22,23);1H. The summed E-state index contributed by atoms with van der Waals surface area (Å²) in [5.74, 6) is 0.999. The molecule has 158 valence electrons. The molecule has 2 heterocycles. The molecule has 1 aromatic carbocycles. The molecule has 2 aliphatic heterocycles. The zero-order chi connectivity index (χ0) is 18.9. The van der Waals surface area contributed by atoms with Crippen LogP contribution in [0.2, 0.25) is 0 Å². The number of likely N-dealkylation sites (tertiary alicyclic amines) is 1. The number of hydrogen-bond donors (Lipinski definition) is 1. The molecular weight excluding hydrogens is 467 g/mol. The molecule has 1 N–H and O–H groups in total. The smallest absolute Gasteiger partial charge is 0.193 e. The molecule has 0 aromatic heterocycles. The monoisotopic (exact) mass is 502 g/mol. The van der Waals surface area contributed by atoms with E-state index in [1.165, 1.54) is 12.0 Å². The van der Waals surface area contributed by atoms with Crippen molar-refractivity contribution >= 4 is 29.9 Å². The molecule has 2 atom stereocenters. The molecule has 28 heavy (non-hydrogen) atoms. The van der Waals surface area contributed by atoms with Crippen LogP contribution >= 0.6 is 24.0 Å². The number of fused-ring (bicyclic) bond motifs is 1. The minimum absolute atomic E-state index is 0. The first-order chi connectivity index (χ1) is 13.3. The van der Waals surface area contributed by atoms with E-state index in [0.717, 1.165) is 64.7 Å². The lowest BCUT2D eigenvalue weighted by Gasteiger charge is -2.36. The van der Waals surface area contributed by atoms with E-state index in [1.54, 1.807) is 7.11 Å². The average Bonchev–Trinajstić information content (AvgIpc) is 3.13. The number of ether oxygens (including phenoxy) is 2. The number of guanidine groups is 1. The number of hydrogen-bond acceptors (Lipinski definition) is 4. The normalized spacial score (nSPS) is 22.6. The molecule has 2 unspecified atom stereocenters. The van der Waals surface area contributed by atoms with Crippen LogP contribution in [0.15, 0.2) is 35.3 Å². The summed E-state index contributed by atoms with van der Waals surface area (Å²) in [6.07, 6.45) is 3.70. The van der Waals surface area contributed by atoms with E-state index in [2.05, 4.69) is 50.4 Å². The fourth-order valence-corrected chi connectivity index (χ4v) is 4.03. The van der Waals surface area contributed by atoms with E-state index < -0.39 is 0 Å². The van der Waals surface area contributed by atoms with Crippen molar-refractivity contribution in [2.24, 2.45) is 4.99 Å². The van der Waals surface area contributed by atoms with Gasteiger partial charge in [-0.2, -0.15) is 0 Å². The molecule has 0 amide bonds. The van der Waals surface area contributed by atoms with Gasteiger partial charge in [0, 0.05) is 53.5 Å².